The minimum Gasteiger partial charge on any atom is -0.545 e. The van der Waals surface area contributed by atoms with E-state index in [0.717, 1.165) is 38.5 Å². The van der Waals surface area contributed by atoms with Crippen LogP contribution in [0.2, 0.25) is 0 Å². The van der Waals surface area contributed by atoms with Crippen LogP contribution >= 0.6 is 0 Å². The monoisotopic (exact) mass is 669 g/mol. The van der Waals surface area contributed by atoms with Gasteiger partial charge in [-0.25, -0.2) is 0 Å². The molecule has 2 unspecified atom stereocenters. The maximum absolute atomic E-state index is 11.9. The summed E-state index contributed by atoms with van der Waals surface area (Å²) in [4.78, 5) is 45.5. The van der Waals surface area contributed by atoms with Crippen molar-refractivity contribution < 1.29 is 46.2 Å². The van der Waals surface area contributed by atoms with Crippen LogP contribution in [0, 0.1) is 11.8 Å². The Morgan fingerprint density at radius 1 is 0.511 bits per heavy atom. The number of hydrogen-bond acceptors (Lipinski definition) is 6. The van der Waals surface area contributed by atoms with Crippen molar-refractivity contribution in [1.82, 2.24) is 0 Å². The smallest absolute Gasteiger partial charge is 0.545 e. The summed E-state index contributed by atoms with van der Waals surface area (Å²) < 4.78 is 0. The van der Waals surface area contributed by atoms with Crippen LogP contribution in [0.1, 0.15) is 155 Å². The molecule has 0 amide bonds. The van der Waals surface area contributed by atoms with E-state index >= 15 is 0 Å². The standard InChI is InChI=1S/2C19H30O3.Co/c2*1-2-3-4-5-6-7-8-9-10-11-13-16-14-12-15-17(18(16)20)19(21)22;/h2*12,14-16H,2-11,13H2,1H3,(H,21,22);/q;;+2/p-2. The first-order chi connectivity index (χ1) is 21.3. The molecule has 0 aliphatic heterocycles. The van der Waals surface area contributed by atoms with Crippen molar-refractivity contribution in [3.63, 3.8) is 0 Å². The molecule has 2 aliphatic rings. The van der Waals surface area contributed by atoms with Gasteiger partial charge in [-0.05, 0) is 25.0 Å². The Balaban J connectivity index is 0.000000842. The summed E-state index contributed by atoms with van der Waals surface area (Å²) in [7, 11) is 0. The molecule has 0 N–H and O–H groups in total. The summed E-state index contributed by atoms with van der Waals surface area (Å²) >= 11 is 0. The molecule has 0 aromatic carbocycles. The van der Waals surface area contributed by atoms with E-state index in [0.29, 0.717) is 0 Å². The Labute approximate surface area is 283 Å². The number of carboxylic acid groups (broad SMARTS) is 2. The number of aliphatic carboxylic acids is 2. The van der Waals surface area contributed by atoms with Gasteiger partial charge < -0.3 is 19.8 Å². The average molecular weight is 670 g/mol. The van der Waals surface area contributed by atoms with E-state index in [4.69, 9.17) is 0 Å². The predicted molar refractivity (Wildman–Crippen MR) is 174 cm³/mol. The zero-order valence-corrected chi connectivity index (χ0v) is 29.0. The van der Waals surface area contributed by atoms with E-state index in [1.165, 1.54) is 115 Å². The normalized spacial score (nSPS) is 17.2. The number of carbonyl (C=O) groups is 4. The van der Waals surface area contributed by atoms with Gasteiger partial charge in [0.05, 0.1) is 11.9 Å². The van der Waals surface area contributed by atoms with Gasteiger partial charge in [0.25, 0.3) is 0 Å². The number of Topliss-reactive ketones (excluding diaryl/α,β-unsaturated/α-hetero) is 2. The van der Waals surface area contributed by atoms with Gasteiger partial charge >= 0.3 is 16.8 Å². The van der Waals surface area contributed by atoms with Crippen molar-refractivity contribution in [2.24, 2.45) is 11.8 Å². The van der Waals surface area contributed by atoms with Crippen molar-refractivity contribution in [3.05, 3.63) is 47.6 Å². The second-order valence-electron chi connectivity index (χ2n) is 12.4. The fourth-order valence-corrected chi connectivity index (χ4v) is 5.81. The summed E-state index contributed by atoms with van der Waals surface area (Å²) in [5.41, 5.74) is -0.362. The summed E-state index contributed by atoms with van der Waals surface area (Å²) in [6.45, 7) is 4.47. The minimum atomic E-state index is -1.36. The van der Waals surface area contributed by atoms with E-state index < -0.39 is 11.9 Å². The fraction of sp³-hybridized carbons (Fsp3) is 0.684. The van der Waals surface area contributed by atoms with Crippen molar-refractivity contribution in [2.45, 2.75) is 155 Å². The van der Waals surface area contributed by atoms with Gasteiger partial charge in [0.15, 0.2) is 11.6 Å². The Bertz CT molecular complexity index is 899. The molecule has 2 rings (SSSR count). The van der Waals surface area contributed by atoms with Gasteiger partial charge in [-0.1, -0.05) is 167 Å². The summed E-state index contributed by atoms with van der Waals surface area (Å²) in [5, 5.41) is 21.6. The number of carbonyl (C=O) groups excluding carboxylic acids is 4. The second-order valence-corrected chi connectivity index (χ2v) is 12.4. The molecule has 0 saturated heterocycles. The molecule has 0 saturated carbocycles. The van der Waals surface area contributed by atoms with Gasteiger partial charge in [0, 0.05) is 23.0 Å². The second kappa shape index (κ2) is 28.0. The van der Waals surface area contributed by atoms with Gasteiger partial charge in [-0.2, -0.15) is 0 Å². The van der Waals surface area contributed by atoms with Crippen molar-refractivity contribution in [2.75, 3.05) is 0 Å². The zero-order valence-electron chi connectivity index (χ0n) is 28.0. The first-order valence-electron chi connectivity index (χ1n) is 17.6. The number of unbranched alkanes of at least 4 members (excludes halogenated alkanes) is 18. The fourth-order valence-electron chi connectivity index (χ4n) is 5.81. The molecule has 45 heavy (non-hydrogen) atoms. The van der Waals surface area contributed by atoms with Crippen LogP contribution in [0.25, 0.3) is 0 Å². The quantitative estimate of drug-likeness (QED) is 0.0779. The minimum absolute atomic E-state index is 0. The van der Waals surface area contributed by atoms with Gasteiger partial charge in [-0.3, -0.25) is 9.59 Å². The molecule has 7 heteroatoms. The summed E-state index contributed by atoms with van der Waals surface area (Å²) in [6, 6.07) is 0. The first-order valence-corrected chi connectivity index (χ1v) is 17.6. The third kappa shape index (κ3) is 19.8. The Morgan fingerprint density at radius 3 is 1.04 bits per heavy atom. The van der Waals surface area contributed by atoms with E-state index in [1.807, 2.05) is 12.2 Å². The largest absolute Gasteiger partial charge is 2.00 e. The zero-order chi connectivity index (χ0) is 32.4. The topological polar surface area (TPSA) is 114 Å². The molecule has 0 fully saturated rings. The van der Waals surface area contributed by atoms with Crippen LogP contribution in [0.15, 0.2) is 47.6 Å². The molecule has 0 aromatic heterocycles. The number of rotatable bonds is 24. The summed E-state index contributed by atoms with van der Waals surface area (Å²) in [6.07, 6.45) is 36.3. The number of carboxylic acids is 2. The third-order valence-electron chi connectivity index (χ3n) is 8.59. The third-order valence-corrected chi connectivity index (χ3v) is 8.59. The molecule has 0 spiro atoms. The van der Waals surface area contributed by atoms with Crippen LogP contribution in [0.5, 0.6) is 0 Å². The number of hydrogen-bond donors (Lipinski definition) is 0. The number of ketones is 2. The van der Waals surface area contributed by atoms with E-state index in [2.05, 4.69) is 13.8 Å². The molecule has 0 aromatic rings. The SMILES string of the molecule is CCCCCCCCCCCCC1C=CC=C(C(=O)[O-])C1=O.CCCCCCCCCCCCC1C=CC=C(C(=O)[O-])C1=O.[Co+2]. The van der Waals surface area contributed by atoms with Crippen LogP contribution in [-0.4, -0.2) is 23.5 Å². The number of allylic oxidation sites excluding steroid dienone is 6. The molecule has 2 atom stereocenters. The maximum Gasteiger partial charge on any atom is 2.00 e. The van der Waals surface area contributed by atoms with E-state index in [-0.39, 0.29) is 51.3 Å². The van der Waals surface area contributed by atoms with Gasteiger partial charge in [0.2, 0.25) is 0 Å². The van der Waals surface area contributed by atoms with Crippen molar-refractivity contribution >= 4 is 23.5 Å². The molecular formula is C38H58CoO6. The van der Waals surface area contributed by atoms with Crippen LogP contribution in [0.4, 0.5) is 0 Å². The molecule has 1 radical (unpaired) electrons. The molecule has 2 aliphatic carbocycles. The van der Waals surface area contributed by atoms with Crippen LogP contribution in [-0.2, 0) is 36.0 Å². The molecule has 255 valence electrons. The van der Waals surface area contributed by atoms with Gasteiger partial charge in [-0.15, -0.1) is 0 Å². The molecule has 6 nitrogen and oxygen atoms in total. The van der Waals surface area contributed by atoms with E-state index in [1.54, 1.807) is 12.2 Å². The first kappa shape index (κ1) is 42.7. The van der Waals surface area contributed by atoms with Crippen LogP contribution < -0.4 is 10.2 Å². The molecular weight excluding hydrogens is 611 g/mol. The Hall–Kier alpha value is -2.25. The summed E-state index contributed by atoms with van der Waals surface area (Å²) in [5.74, 6) is -3.85. The van der Waals surface area contributed by atoms with E-state index in [9.17, 15) is 29.4 Å². The molecule has 0 heterocycles. The Kier molecular flexibility index (Phi) is 26.6. The molecule has 0 bridgehead atoms. The average Bonchev–Trinajstić information content (AvgIpc) is 3.00. The Morgan fingerprint density at radius 2 is 0.778 bits per heavy atom. The van der Waals surface area contributed by atoms with Crippen LogP contribution in [0.3, 0.4) is 0 Å². The van der Waals surface area contributed by atoms with Gasteiger partial charge in [0.1, 0.15) is 0 Å². The van der Waals surface area contributed by atoms with Crippen molar-refractivity contribution in [3.8, 4) is 0 Å². The van der Waals surface area contributed by atoms with Crippen molar-refractivity contribution in [1.29, 1.82) is 0 Å². The predicted octanol–water partition coefficient (Wildman–Crippen LogP) is 7.46. The maximum atomic E-state index is 11.9.